The van der Waals surface area contributed by atoms with Gasteiger partial charge < -0.3 is 4.42 Å². The van der Waals surface area contributed by atoms with Gasteiger partial charge in [-0.05, 0) is 65.6 Å². The summed E-state index contributed by atoms with van der Waals surface area (Å²) in [7, 11) is 2.05. The molecule has 4 aromatic carbocycles. The Bertz CT molecular complexity index is 1800. The van der Waals surface area contributed by atoms with Gasteiger partial charge in [0.15, 0.2) is 6.20 Å². The third-order valence-electron chi connectivity index (χ3n) is 6.78. The van der Waals surface area contributed by atoms with Gasteiger partial charge in [0.05, 0.1) is 17.2 Å². The molecule has 0 aliphatic rings. The minimum atomic E-state index is 0.614. The number of rotatable bonds is 2. The molecule has 0 radical (unpaired) electrons. The minimum Gasteiger partial charge on any atom is -0.454 e. The van der Waals surface area contributed by atoms with Crippen molar-refractivity contribution in [3.63, 3.8) is 0 Å². The van der Waals surface area contributed by atoms with E-state index in [2.05, 4.69) is 86.3 Å². The third-order valence-corrected chi connectivity index (χ3v) is 6.78. The van der Waals surface area contributed by atoms with E-state index in [0.717, 1.165) is 49.7 Å². The van der Waals surface area contributed by atoms with Crippen LogP contribution in [-0.4, -0.2) is 0 Å². The molecule has 0 spiro atoms. The quantitative estimate of drug-likeness (QED) is 0.264. The molecule has 162 valence electrons. The number of nitriles is 1. The van der Waals surface area contributed by atoms with E-state index in [1.54, 1.807) is 0 Å². The van der Waals surface area contributed by atoms with Crippen molar-refractivity contribution in [3.05, 3.63) is 102 Å². The fourth-order valence-corrected chi connectivity index (χ4v) is 5.20. The molecule has 0 unspecified atom stereocenters. The normalized spacial score (nSPS) is 11.4. The summed E-state index contributed by atoms with van der Waals surface area (Å²) in [6.07, 6.45) is 2.05. The molecular formula is C31H23N2O+. The first-order chi connectivity index (χ1) is 16.6. The lowest BCUT2D eigenvalue weighted by Gasteiger charge is -2.07. The number of pyridine rings is 1. The summed E-state index contributed by atoms with van der Waals surface area (Å²) < 4.78 is 8.85. The van der Waals surface area contributed by atoms with E-state index >= 15 is 0 Å². The van der Waals surface area contributed by atoms with Crippen molar-refractivity contribution in [1.29, 1.82) is 5.26 Å². The van der Waals surface area contributed by atoms with Crippen LogP contribution in [0.2, 0.25) is 0 Å². The summed E-state index contributed by atoms with van der Waals surface area (Å²) in [4.78, 5) is 0. The maximum atomic E-state index is 10.0. The van der Waals surface area contributed by atoms with Crippen LogP contribution < -0.4 is 4.57 Å². The van der Waals surface area contributed by atoms with Crippen LogP contribution >= 0.6 is 0 Å². The summed E-state index contributed by atoms with van der Waals surface area (Å²) in [6, 6.07) is 29.4. The van der Waals surface area contributed by atoms with Crippen molar-refractivity contribution >= 4 is 32.7 Å². The Hall–Kier alpha value is -4.42. The van der Waals surface area contributed by atoms with Gasteiger partial charge in [-0.15, -0.1) is 0 Å². The highest BCUT2D eigenvalue weighted by Crippen LogP contribution is 2.43. The molecule has 0 aliphatic heterocycles. The Kier molecular flexibility index (Phi) is 4.50. The molecule has 3 heteroatoms. The van der Waals surface area contributed by atoms with Crippen molar-refractivity contribution in [2.45, 2.75) is 13.8 Å². The lowest BCUT2D eigenvalue weighted by atomic mass is 9.93. The molecule has 3 nitrogen and oxygen atoms in total. The van der Waals surface area contributed by atoms with E-state index in [4.69, 9.17) is 4.42 Å². The topological polar surface area (TPSA) is 40.8 Å². The van der Waals surface area contributed by atoms with Crippen LogP contribution in [0, 0.1) is 25.2 Å². The van der Waals surface area contributed by atoms with Crippen LogP contribution in [0.5, 0.6) is 0 Å². The Morgan fingerprint density at radius 3 is 2.35 bits per heavy atom. The van der Waals surface area contributed by atoms with Crippen LogP contribution in [0.25, 0.3) is 55.1 Å². The number of benzene rings is 4. The summed E-state index contributed by atoms with van der Waals surface area (Å²) in [6.45, 7) is 4.26. The van der Waals surface area contributed by atoms with E-state index < -0.39 is 0 Å². The maximum Gasteiger partial charge on any atom is 0.216 e. The van der Waals surface area contributed by atoms with Gasteiger partial charge in [0.25, 0.3) is 0 Å². The first-order valence-corrected chi connectivity index (χ1v) is 11.4. The van der Waals surface area contributed by atoms with Crippen LogP contribution in [0.1, 0.15) is 16.7 Å². The minimum absolute atomic E-state index is 0.614. The van der Waals surface area contributed by atoms with Crippen LogP contribution in [0.15, 0.2) is 89.5 Å². The van der Waals surface area contributed by atoms with E-state index in [0.29, 0.717) is 5.56 Å². The fourth-order valence-electron chi connectivity index (χ4n) is 5.20. The second-order valence-corrected chi connectivity index (χ2v) is 8.93. The van der Waals surface area contributed by atoms with E-state index in [1.165, 1.54) is 16.5 Å². The Balaban J connectivity index is 1.75. The second-order valence-electron chi connectivity index (χ2n) is 8.93. The molecular weight excluding hydrogens is 416 g/mol. The molecule has 0 fully saturated rings. The zero-order chi connectivity index (χ0) is 23.4. The van der Waals surface area contributed by atoms with Gasteiger partial charge in [-0.25, -0.2) is 4.57 Å². The van der Waals surface area contributed by atoms with E-state index in [1.807, 2.05) is 30.3 Å². The molecule has 34 heavy (non-hydrogen) atoms. The Morgan fingerprint density at radius 2 is 1.56 bits per heavy atom. The van der Waals surface area contributed by atoms with Gasteiger partial charge in [-0.2, -0.15) is 5.26 Å². The van der Waals surface area contributed by atoms with Crippen molar-refractivity contribution in [3.8, 4) is 28.5 Å². The highest BCUT2D eigenvalue weighted by atomic mass is 16.3. The number of aryl methyl sites for hydroxylation is 3. The van der Waals surface area contributed by atoms with Gasteiger partial charge in [0, 0.05) is 28.5 Å². The van der Waals surface area contributed by atoms with Crippen molar-refractivity contribution in [2.75, 3.05) is 0 Å². The molecule has 0 saturated carbocycles. The van der Waals surface area contributed by atoms with E-state index in [-0.39, 0.29) is 0 Å². The van der Waals surface area contributed by atoms with Crippen LogP contribution in [0.3, 0.4) is 0 Å². The van der Waals surface area contributed by atoms with Gasteiger partial charge in [-0.3, -0.25) is 0 Å². The monoisotopic (exact) mass is 439 g/mol. The molecule has 2 aromatic heterocycles. The highest BCUT2D eigenvalue weighted by Gasteiger charge is 2.24. The predicted octanol–water partition coefficient (Wildman–Crippen LogP) is 7.39. The number of furan rings is 1. The summed E-state index contributed by atoms with van der Waals surface area (Å²) in [5.41, 5.74) is 8.59. The highest BCUT2D eigenvalue weighted by molar-refractivity contribution is 6.15. The van der Waals surface area contributed by atoms with Gasteiger partial charge in [-0.1, -0.05) is 42.5 Å². The van der Waals surface area contributed by atoms with Gasteiger partial charge >= 0.3 is 0 Å². The lowest BCUT2D eigenvalue weighted by molar-refractivity contribution is -0.660. The second kappa shape index (κ2) is 7.57. The Morgan fingerprint density at radius 1 is 0.765 bits per heavy atom. The smallest absolute Gasteiger partial charge is 0.216 e. The van der Waals surface area contributed by atoms with Crippen LogP contribution in [-0.2, 0) is 7.05 Å². The number of hydrogen-bond acceptors (Lipinski definition) is 2. The average Bonchev–Trinajstić information content (AvgIpc) is 3.24. The number of aromatic nitrogens is 1. The summed E-state index contributed by atoms with van der Waals surface area (Å²) in [5.74, 6) is 0. The zero-order valence-corrected chi connectivity index (χ0v) is 19.4. The lowest BCUT2D eigenvalue weighted by Crippen LogP contribution is -2.30. The summed E-state index contributed by atoms with van der Waals surface area (Å²) in [5, 5.41) is 14.5. The predicted molar refractivity (Wildman–Crippen MR) is 137 cm³/mol. The average molecular weight is 440 g/mol. The molecule has 0 bridgehead atoms. The molecule has 0 saturated heterocycles. The molecule has 0 atom stereocenters. The molecule has 6 aromatic rings. The molecule has 2 heterocycles. The van der Waals surface area contributed by atoms with Gasteiger partial charge in [0.2, 0.25) is 5.69 Å². The molecule has 0 aliphatic carbocycles. The zero-order valence-electron chi connectivity index (χ0n) is 19.4. The van der Waals surface area contributed by atoms with E-state index in [9.17, 15) is 5.26 Å². The first-order valence-electron chi connectivity index (χ1n) is 11.4. The maximum absolute atomic E-state index is 10.0. The Labute approximate surface area is 198 Å². The molecule has 0 N–H and O–H groups in total. The summed E-state index contributed by atoms with van der Waals surface area (Å²) >= 11 is 0. The number of nitrogens with zero attached hydrogens (tertiary/aromatic N) is 2. The fraction of sp³-hybridized carbons (Fsp3) is 0.0968. The van der Waals surface area contributed by atoms with Gasteiger partial charge in [0.1, 0.15) is 18.2 Å². The van der Waals surface area contributed by atoms with Crippen molar-refractivity contribution < 1.29 is 8.98 Å². The molecule has 0 amide bonds. The van der Waals surface area contributed by atoms with Crippen molar-refractivity contribution in [1.82, 2.24) is 0 Å². The van der Waals surface area contributed by atoms with Crippen molar-refractivity contribution in [2.24, 2.45) is 7.05 Å². The number of hydrogen-bond donors (Lipinski definition) is 0. The molecule has 6 rings (SSSR count). The standard InChI is InChI=1S/C31H23N2O/c1-19-16-20(2)28(26-10-6-7-15-33(26)3)31-27(19)25-14-13-24(18-32)29(30(25)34-31)23-12-11-21-8-4-5-9-22(21)17-23/h4-17H,1-3H3/q+1. The number of fused-ring (bicyclic) bond motifs is 4. The largest absolute Gasteiger partial charge is 0.454 e. The third kappa shape index (κ3) is 2.93. The van der Waals surface area contributed by atoms with Crippen LogP contribution in [0.4, 0.5) is 0 Å². The SMILES string of the molecule is Cc1cc(C)c2c(oc3c(-c4ccc5ccccc5c4)c(C#N)ccc32)c1-c1cccc[n+]1C. The first kappa shape index (κ1) is 20.2.